The Balaban J connectivity index is 1.82. The average Bonchev–Trinajstić information content (AvgIpc) is 2.02. The van der Waals surface area contributed by atoms with Crippen molar-refractivity contribution in [2.45, 2.75) is 26.3 Å². The summed E-state index contributed by atoms with van der Waals surface area (Å²) in [5.41, 5.74) is 1.64. The van der Waals surface area contributed by atoms with E-state index >= 15 is 0 Å². The molecule has 74 valence electrons. The van der Waals surface area contributed by atoms with E-state index in [0.717, 1.165) is 31.6 Å². The molecule has 0 aliphatic carbocycles. The number of hydrogen-bond acceptors (Lipinski definition) is 2. The van der Waals surface area contributed by atoms with E-state index in [4.69, 9.17) is 4.74 Å². The minimum absolute atomic E-state index is 0.719. The van der Waals surface area contributed by atoms with Gasteiger partial charge in [-0.05, 0) is 20.3 Å². The second-order valence-electron chi connectivity index (χ2n) is 4.35. The molecule has 0 aromatic rings. The topological polar surface area (TPSA) is 12.5 Å². The van der Waals surface area contributed by atoms with Crippen molar-refractivity contribution in [1.82, 2.24) is 4.90 Å². The van der Waals surface area contributed by atoms with Gasteiger partial charge in [-0.2, -0.15) is 0 Å². The Morgan fingerprint density at radius 3 is 2.77 bits per heavy atom. The summed E-state index contributed by atoms with van der Waals surface area (Å²) >= 11 is 0. The van der Waals surface area contributed by atoms with E-state index in [0.29, 0.717) is 0 Å². The molecule has 0 atom stereocenters. The molecule has 1 saturated heterocycles. The predicted molar refractivity (Wildman–Crippen MR) is 53.7 cm³/mol. The number of nitrogens with zero attached hydrogens (tertiary/aromatic N) is 1. The van der Waals surface area contributed by atoms with Gasteiger partial charge in [0.2, 0.25) is 0 Å². The summed E-state index contributed by atoms with van der Waals surface area (Å²) in [5.74, 6) is 0.839. The summed E-state index contributed by atoms with van der Waals surface area (Å²) in [5, 5.41) is 0. The van der Waals surface area contributed by atoms with Gasteiger partial charge in [-0.25, -0.2) is 0 Å². The maximum atomic E-state index is 5.30. The van der Waals surface area contributed by atoms with Gasteiger partial charge in [0.25, 0.3) is 0 Å². The lowest BCUT2D eigenvalue weighted by molar-refractivity contribution is 0.0756. The quantitative estimate of drug-likeness (QED) is 0.601. The number of rotatable bonds is 2. The van der Waals surface area contributed by atoms with Gasteiger partial charge in [0.05, 0.1) is 13.2 Å². The molecule has 0 N–H and O–H groups in total. The lowest BCUT2D eigenvalue weighted by atomic mass is 9.87. The molecule has 2 rings (SSSR count). The molecule has 1 fully saturated rings. The smallest absolute Gasteiger partial charge is 0.0650 e. The van der Waals surface area contributed by atoms with Gasteiger partial charge in [-0.1, -0.05) is 11.6 Å². The molecule has 0 aromatic carbocycles. The molecule has 0 saturated carbocycles. The zero-order valence-electron chi connectivity index (χ0n) is 8.62. The summed E-state index contributed by atoms with van der Waals surface area (Å²) < 4.78 is 5.30. The third kappa shape index (κ3) is 1.94. The number of ether oxygens (including phenoxy) is 1. The van der Waals surface area contributed by atoms with E-state index in [-0.39, 0.29) is 0 Å². The highest BCUT2D eigenvalue weighted by Gasteiger charge is 2.31. The molecule has 0 amide bonds. The van der Waals surface area contributed by atoms with E-state index in [2.05, 4.69) is 24.8 Å². The van der Waals surface area contributed by atoms with Crippen molar-refractivity contribution >= 4 is 0 Å². The van der Waals surface area contributed by atoms with E-state index in [1.807, 2.05) is 0 Å². The highest BCUT2D eigenvalue weighted by Crippen LogP contribution is 2.28. The second-order valence-corrected chi connectivity index (χ2v) is 4.35. The fourth-order valence-corrected chi connectivity index (χ4v) is 2.08. The SMILES string of the molecule is CC(C)N1CC(C2=CCOCC2)C1. The molecular weight excluding hydrogens is 162 g/mol. The normalized spacial score (nSPS) is 25.9. The fourth-order valence-electron chi connectivity index (χ4n) is 2.08. The molecule has 0 spiro atoms. The van der Waals surface area contributed by atoms with E-state index in [1.165, 1.54) is 13.1 Å². The van der Waals surface area contributed by atoms with Crippen LogP contribution >= 0.6 is 0 Å². The Bertz CT molecular complexity index is 204. The van der Waals surface area contributed by atoms with E-state index < -0.39 is 0 Å². The second kappa shape index (κ2) is 3.81. The molecule has 0 unspecified atom stereocenters. The highest BCUT2D eigenvalue weighted by atomic mass is 16.5. The summed E-state index contributed by atoms with van der Waals surface area (Å²) in [6, 6.07) is 0.719. The van der Waals surface area contributed by atoms with Crippen LogP contribution in [0.3, 0.4) is 0 Å². The Morgan fingerprint density at radius 2 is 2.23 bits per heavy atom. The third-order valence-electron chi connectivity index (χ3n) is 3.16. The molecule has 2 aliphatic heterocycles. The highest BCUT2D eigenvalue weighted by molar-refractivity contribution is 5.14. The molecule has 0 aromatic heterocycles. The summed E-state index contributed by atoms with van der Waals surface area (Å²) in [6.07, 6.45) is 3.45. The molecule has 2 heteroatoms. The Labute approximate surface area is 80.6 Å². The van der Waals surface area contributed by atoms with Crippen molar-refractivity contribution in [2.75, 3.05) is 26.3 Å². The van der Waals surface area contributed by atoms with E-state index in [9.17, 15) is 0 Å². The van der Waals surface area contributed by atoms with Crippen LogP contribution in [0.5, 0.6) is 0 Å². The van der Waals surface area contributed by atoms with Crippen LogP contribution in [0.1, 0.15) is 20.3 Å². The summed E-state index contributed by atoms with van der Waals surface area (Å²) in [7, 11) is 0. The Kier molecular flexibility index (Phi) is 2.70. The van der Waals surface area contributed by atoms with Crippen molar-refractivity contribution in [2.24, 2.45) is 5.92 Å². The van der Waals surface area contributed by atoms with Crippen LogP contribution in [0.25, 0.3) is 0 Å². The van der Waals surface area contributed by atoms with Gasteiger partial charge in [0, 0.05) is 25.0 Å². The Morgan fingerprint density at radius 1 is 1.46 bits per heavy atom. The van der Waals surface area contributed by atoms with Gasteiger partial charge in [0.15, 0.2) is 0 Å². The number of likely N-dealkylation sites (tertiary alicyclic amines) is 1. The van der Waals surface area contributed by atoms with E-state index in [1.54, 1.807) is 5.57 Å². The largest absolute Gasteiger partial charge is 0.377 e. The standard InChI is InChI=1S/C11H19NO/c1-9(2)12-7-11(8-12)10-3-5-13-6-4-10/h3,9,11H,4-8H2,1-2H3. The van der Waals surface area contributed by atoms with Gasteiger partial charge in [-0.3, -0.25) is 4.90 Å². The third-order valence-corrected chi connectivity index (χ3v) is 3.16. The molecule has 2 nitrogen and oxygen atoms in total. The monoisotopic (exact) mass is 181 g/mol. The first-order chi connectivity index (χ1) is 6.27. The minimum atomic E-state index is 0.719. The van der Waals surface area contributed by atoms with Crippen molar-refractivity contribution in [1.29, 1.82) is 0 Å². The van der Waals surface area contributed by atoms with Crippen molar-refractivity contribution < 1.29 is 4.74 Å². The maximum absolute atomic E-state index is 5.30. The Hall–Kier alpha value is -0.340. The summed E-state index contributed by atoms with van der Waals surface area (Å²) in [6.45, 7) is 8.85. The van der Waals surface area contributed by atoms with Gasteiger partial charge in [-0.15, -0.1) is 0 Å². The van der Waals surface area contributed by atoms with Crippen LogP contribution in [0, 0.1) is 5.92 Å². The van der Waals surface area contributed by atoms with Gasteiger partial charge >= 0.3 is 0 Å². The van der Waals surface area contributed by atoms with Crippen LogP contribution in [-0.2, 0) is 4.74 Å². The lowest BCUT2D eigenvalue weighted by Crippen LogP contribution is -2.51. The zero-order valence-corrected chi connectivity index (χ0v) is 8.62. The van der Waals surface area contributed by atoms with Crippen molar-refractivity contribution in [3.8, 4) is 0 Å². The lowest BCUT2D eigenvalue weighted by Gasteiger charge is -2.44. The number of hydrogen-bond donors (Lipinski definition) is 0. The van der Waals surface area contributed by atoms with Crippen LogP contribution in [-0.4, -0.2) is 37.2 Å². The minimum Gasteiger partial charge on any atom is -0.377 e. The fraction of sp³-hybridized carbons (Fsp3) is 0.818. The molecule has 0 radical (unpaired) electrons. The van der Waals surface area contributed by atoms with Crippen LogP contribution < -0.4 is 0 Å². The molecule has 13 heavy (non-hydrogen) atoms. The molecular formula is C11H19NO. The van der Waals surface area contributed by atoms with Crippen molar-refractivity contribution in [3.05, 3.63) is 11.6 Å². The first kappa shape index (κ1) is 9.22. The molecule has 2 aliphatic rings. The maximum Gasteiger partial charge on any atom is 0.0650 e. The summed E-state index contributed by atoms with van der Waals surface area (Å²) in [4.78, 5) is 2.53. The van der Waals surface area contributed by atoms with Gasteiger partial charge < -0.3 is 4.74 Å². The van der Waals surface area contributed by atoms with Crippen LogP contribution in [0.2, 0.25) is 0 Å². The molecule has 0 bridgehead atoms. The van der Waals surface area contributed by atoms with Crippen LogP contribution in [0.15, 0.2) is 11.6 Å². The average molecular weight is 181 g/mol. The first-order valence-electron chi connectivity index (χ1n) is 5.28. The van der Waals surface area contributed by atoms with Gasteiger partial charge in [0.1, 0.15) is 0 Å². The predicted octanol–water partition coefficient (Wildman–Crippen LogP) is 1.67. The van der Waals surface area contributed by atoms with Crippen LogP contribution in [0.4, 0.5) is 0 Å². The zero-order chi connectivity index (χ0) is 9.26. The first-order valence-corrected chi connectivity index (χ1v) is 5.28. The van der Waals surface area contributed by atoms with Crippen molar-refractivity contribution in [3.63, 3.8) is 0 Å². The molecule has 2 heterocycles.